The summed E-state index contributed by atoms with van der Waals surface area (Å²) in [6, 6.07) is 1.27. The second kappa shape index (κ2) is 4.16. The Hall–Kier alpha value is -1.47. The molecule has 1 atom stereocenters. The molecule has 0 aliphatic rings. The van der Waals surface area contributed by atoms with E-state index in [-0.39, 0.29) is 5.82 Å². The topological polar surface area (TPSA) is 93.2 Å². The van der Waals surface area contributed by atoms with Crippen LogP contribution < -0.4 is 5.32 Å². The number of hydrogen-bond acceptors (Lipinski definition) is 5. The lowest BCUT2D eigenvalue weighted by Crippen LogP contribution is -2.18. The second-order valence-electron chi connectivity index (χ2n) is 2.88. The summed E-state index contributed by atoms with van der Waals surface area (Å²) in [7, 11) is 3.25. The Morgan fingerprint density at radius 3 is 2.93 bits per heavy atom. The largest absolute Gasteiger partial charge is 0.390 e. The molecule has 0 aliphatic heterocycles. The van der Waals surface area contributed by atoms with Crippen LogP contribution in [0, 0.1) is 10.1 Å². The highest BCUT2D eigenvalue weighted by molar-refractivity contribution is 5.23. The Kier molecular flexibility index (Phi) is 3.15. The molecule has 1 unspecified atom stereocenters. The van der Waals surface area contributed by atoms with E-state index in [1.54, 1.807) is 14.1 Å². The van der Waals surface area contributed by atoms with Gasteiger partial charge in [0.15, 0.2) is 0 Å². The van der Waals surface area contributed by atoms with Gasteiger partial charge in [0.05, 0.1) is 23.9 Å². The molecule has 14 heavy (non-hydrogen) atoms. The van der Waals surface area contributed by atoms with Gasteiger partial charge in [0.25, 0.3) is 0 Å². The summed E-state index contributed by atoms with van der Waals surface area (Å²) in [6.45, 7) is 0.330. The molecule has 0 spiro atoms. The van der Waals surface area contributed by atoms with Gasteiger partial charge in [0.2, 0.25) is 0 Å². The summed E-state index contributed by atoms with van der Waals surface area (Å²) >= 11 is 0. The molecule has 1 heterocycles. The zero-order chi connectivity index (χ0) is 10.7. The van der Waals surface area contributed by atoms with E-state index in [2.05, 4.69) is 10.4 Å². The van der Waals surface area contributed by atoms with Crippen molar-refractivity contribution in [3.05, 3.63) is 21.9 Å². The maximum Gasteiger partial charge on any atom is 0.390 e. The molecule has 7 heteroatoms. The van der Waals surface area contributed by atoms with Crippen LogP contribution in [-0.2, 0) is 7.05 Å². The van der Waals surface area contributed by atoms with Crippen LogP contribution in [0.2, 0.25) is 0 Å². The smallest absolute Gasteiger partial charge is 0.385 e. The molecule has 0 saturated heterocycles. The van der Waals surface area contributed by atoms with Gasteiger partial charge in [-0.25, -0.2) is 0 Å². The fraction of sp³-hybridized carbons (Fsp3) is 0.571. The number of rotatable bonds is 4. The minimum Gasteiger partial charge on any atom is -0.385 e. The molecular formula is C7H12N4O3. The molecule has 1 aromatic heterocycles. The molecule has 0 aliphatic carbocycles. The predicted molar refractivity (Wildman–Crippen MR) is 48.7 cm³/mol. The van der Waals surface area contributed by atoms with Crippen molar-refractivity contribution in [2.45, 2.75) is 6.10 Å². The van der Waals surface area contributed by atoms with Crippen LogP contribution in [0.5, 0.6) is 0 Å². The minimum atomic E-state index is -0.786. The highest BCUT2D eigenvalue weighted by atomic mass is 16.6. The summed E-state index contributed by atoms with van der Waals surface area (Å²) < 4.78 is 1.31. The van der Waals surface area contributed by atoms with E-state index in [1.807, 2.05) is 0 Å². The number of nitro groups is 1. The summed E-state index contributed by atoms with van der Waals surface area (Å²) in [5.74, 6) is -0.252. The van der Waals surface area contributed by atoms with Crippen LogP contribution in [0.25, 0.3) is 0 Å². The van der Waals surface area contributed by atoms with Gasteiger partial charge >= 0.3 is 5.82 Å². The molecule has 78 valence electrons. The van der Waals surface area contributed by atoms with Crippen molar-refractivity contribution in [1.29, 1.82) is 0 Å². The van der Waals surface area contributed by atoms with E-state index in [1.165, 1.54) is 10.7 Å². The highest BCUT2D eigenvalue weighted by Gasteiger charge is 2.20. The van der Waals surface area contributed by atoms with Gasteiger partial charge in [-0.1, -0.05) is 0 Å². The first-order valence-corrected chi connectivity index (χ1v) is 4.07. The number of hydrogen-bond donors (Lipinski definition) is 2. The molecule has 1 rings (SSSR count). The summed E-state index contributed by atoms with van der Waals surface area (Å²) in [5.41, 5.74) is 0.422. The SMILES string of the molecule is CNCC(O)c1cc([N+](=O)[O-])nn1C. The van der Waals surface area contributed by atoms with Crippen molar-refractivity contribution in [2.75, 3.05) is 13.6 Å². The van der Waals surface area contributed by atoms with E-state index < -0.39 is 11.0 Å². The normalized spacial score (nSPS) is 12.8. The number of aliphatic hydroxyl groups is 1. The second-order valence-corrected chi connectivity index (χ2v) is 2.88. The molecule has 1 aromatic rings. The predicted octanol–water partition coefficient (Wildman–Crippen LogP) is -0.419. The van der Waals surface area contributed by atoms with E-state index in [4.69, 9.17) is 0 Å². The third kappa shape index (κ3) is 2.06. The average molecular weight is 200 g/mol. The van der Waals surface area contributed by atoms with Crippen LogP contribution in [0.3, 0.4) is 0 Å². The molecule has 0 aromatic carbocycles. The van der Waals surface area contributed by atoms with Crippen LogP contribution in [-0.4, -0.2) is 33.4 Å². The first kappa shape index (κ1) is 10.6. The standard InChI is InChI=1S/C7H12N4O3/c1-8-4-6(12)5-3-7(11(13)14)9-10(5)2/h3,6,8,12H,4H2,1-2H3. The maximum absolute atomic E-state index is 10.4. The van der Waals surface area contributed by atoms with Crippen LogP contribution >= 0.6 is 0 Å². The Morgan fingerprint density at radius 2 is 2.50 bits per heavy atom. The third-order valence-corrected chi connectivity index (χ3v) is 1.83. The molecule has 0 amide bonds. The van der Waals surface area contributed by atoms with E-state index in [0.29, 0.717) is 12.2 Å². The monoisotopic (exact) mass is 200 g/mol. The molecule has 0 saturated carbocycles. The van der Waals surface area contributed by atoms with Gasteiger partial charge in [0.1, 0.15) is 6.10 Å². The van der Waals surface area contributed by atoms with E-state index >= 15 is 0 Å². The fourth-order valence-electron chi connectivity index (χ4n) is 1.16. The number of nitrogens with zero attached hydrogens (tertiary/aromatic N) is 3. The average Bonchev–Trinajstić information content (AvgIpc) is 2.48. The molecular weight excluding hydrogens is 188 g/mol. The van der Waals surface area contributed by atoms with Gasteiger partial charge in [-0.3, -0.25) is 0 Å². The van der Waals surface area contributed by atoms with Gasteiger partial charge in [-0.2, -0.15) is 4.68 Å². The lowest BCUT2D eigenvalue weighted by atomic mass is 10.2. The first-order valence-electron chi connectivity index (χ1n) is 4.07. The Balaban J connectivity index is 2.92. The first-order chi connectivity index (χ1) is 6.56. The number of aromatic nitrogens is 2. The van der Waals surface area contributed by atoms with Crippen molar-refractivity contribution in [2.24, 2.45) is 7.05 Å². The van der Waals surface area contributed by atoms with Crippen molar-refractivity contribution in [3.8, 4) is 0 Å². The Morgan fingerprint density at radius 1 is 1.86 bits per heavy atom. The Bertz CT molecular complexity index is 336. The molecule has 0 bridgehead atoms. The van der Waals surface area contributed by atoms with Crippen molar-refractivity contribution in [1.82, 2.24) is 15.1 Å². The molecule has 7 nitrogen and oxygen atoms in total. The zero-order valence-electron chi connectivity index (χ0n) is 7.97. The van der Waals surface area contributed by atoms with Gasteiger partial charge in [-0.05, 0) is 12.0 Å². The quantitative estimate of drug-likeness (QED) is 0.508. The third-order valence-electron chi connectivity index (χ3n) is 1.83. The maximum atomic E-state index is 10.4. The number of likely N-dealkylation sites (N-methyl/N-ethyl adjacent to an activating group) is 1. The zero-order valence-corrected chi connectivity index (χ0v) is 7.97. The summed E-state index contributed by atoms with van der Waals surface area (Å²) in [4.78, 5) is 9.79. The van der Waals surface area contributed by atoms with Crippen molar-refractivity contribution in [3.63, 3.8) is 0 Å². The van der Waals surface area contributed by atoms with Gasteiger partial charge < -0.3 is 20.5 Å². The molecule has 0 fully saturated rings. The van der Waals surface area contributed by atoms with Gasteiger partial charge in [-0.15, -0.1) is 0 Å². The van der Waals surface area contributed by atoms with Gasteiger partial charge in [0, 0.05) is 6.54 Å². The van der Waals surface area contributed by atoms with E-state index in [9.17, 15) is 15.2 Å². The minimum absolute atomic E-state index is 0.252. The molecule has 2 N–H and O–H groups in total. The van der Waals surface area contributed by atoms with Crippen LogP contribution in [0.1, 0.15) is 11.8 Å². The number of aryl methyl sites for hydroxylation is 1. The highest BCUT2D eigenvalue weighted by Crippen LogP contribution is 2.17. The number of nitrogens with one attached hydrogen (secondary N) is 1. The summed E-state index contributed by atoms with van der Waals surface area (Å²) in [5, 5.41) is 26.3. The lowest BCUT2D eigenvalue weighted by Gasteiger charge is -2.06. The van der Waals surface area contributed by atoms with Crippen LogP contribution in [0.15, 0.2) is 6.07 Å². The Labute approximate surface area is 80.5 Å². The molecule has 0 radical (unpaired) electrons. The van der Waals surface area contributed by atoms with Crippen LogP contribution in [0.4, 0.5) is 5.82 Å². The van der Waals surface area contributed by atoms with E-state index in [0.717, 1.165) is 0 Å². The van der Waals surface area contributed by atoms with Crippen molar-refractivity contribution >= 4 is 5.82 Å². The fourth-order valence-corrected chi connectivity index (χ4v) is 1.16. The summed E-state index contributed by atoms with van der Waals surface area (Å²) in [6.07, 6.45) is -0.786. The number of aliphatic hydroxyl groups excluding tert-OH is 1. The lowest BCUT2D eigenvalue weighted by molar-refractivity contribution is -0.389. The van der Waals surface area contributed by atoms with Crippen molar-refractivity contribution < 1.29 is 10.0 Å².